The predicted molar refractivity (Wildman–Crippen MR) is 80.9 cm³/mol. The van der Waals surface area contributed by atoms with Crippen LogP contribution in [0.2, 0.25) is 0 Å². The number of halogens is 1. The number of nitrogen functional groups attached to an aromatic ring is 1. The van der Waals surface area contributed by atoms with Crippen LogP contribution in [0, 0.1) is 5.82 Å². The van der Waals surface area contributed by atoms with E-state index < -0.39 is 5.82 Å². The Kier molecular flexibility index (Phi) is 5.06. The van der Waals surface area contributed by atoms with Crippen LogP contribution in [0.15, 0.2) is 12.1 Å². The van der Waals surface area contributed by atoms with Gasteiger partial charge in [0.25, 0.3) is 0 Å². The van der Waals surface area contributed by atoms with E-state index in [1.807, 2.05) is 6.92 Å². The molecule has 1 saturated heterocycles. The van der Waals surface area contributed by atoms with Gasteiger partial charge in [-0.05, 0) is 19.9 Å². The number of rotatable bonds is 5. The van der Waals surface area contributed by atoms with Crippen LogP contribution in [-0.4, -0.2) is 44.2 Å². The summed E-state index contributed by atoms with van der Waals surface area (Å²) in [6.45, 7) is 9.51. The van der Waals surface area contributed by atoms with Gasteiger partial charge in [0.05, 0.1) is 18.0 Å². The second kappa shape index (κ2) is 6.79. The maximum atomic E-state index is 13.7. The summed E-state index contributed by atoms with van der Waals surface area (Å²) in [5.74, 6) is -0.106. The fourth-order valence-electron chi connectivity index (χ4n) is 2.63. The molecular formula is C15H24FN3O. The Bertz CT molecular complexity index is 445. The van der Waals surface area contributed by atoms with Crippen molar-refractivity contribution in [1.82, 2.24) is 4.90 Å². The number of benzene rings is 1. The van der Waals surface area contributed by atoms with E-state index in [0.717, 1.165) is 38.4 Å². The third-order valence-corrected chi connectivity index (χ3v) is 3.63. The average molecular weight is 281 g/mol. The van der Waals surface area contributed by atoms with Crippen molar-refractivity contribution in [1.29, 1.82) is 0 Å². The molecule has 0 saturated carbocycles. The van der Waals surface area contributed by atoms with E-state index in [1.54, 1.807) is 6.07 Å². The summed E-state index contributed by atoms with van der Waals surface area (Å²) >= 11 is 0. The molecule has 0 aliphatic carbocycles. The van der Waals surface area contributed by atoms with E-state index in [1.165, 1.54) is 12.5 Å². The summed E-state index contributed by atoms with van der Waals surface area (Å²) in [4.78, 5) is 4.66. The van der Waals surface area contributed by atoms with Crippen molar-refractivity contribution >= 4 is 11.4 Å². The molecule has 1 aliphatic rings. The number of nitrogens with two attached hydrogens (primary N) is 1. The van der Waals surface area contributed by atoms with Gasteiger partial charge in [0.15, 0.2) is 11.6 Å². The van der Waals surface area contributed by atoms with E-state index in [0.29, 0.717) is 12.3 Å². The van der Waals surface area contributed by atoms with Crippen molar-refractivity contribution in [2.75, 3.05) is 50.0 Å². The minimum atomic E-state index is -0.391. The van der Waals surface area contributed by atoms with E-state index in [2.05, 4.69) is 16.7 Å². The maximum absolute atomic E-state index is 13.7. The highest BCUT2D eigenvalue weighted by Crippen LogP contribution is 2.31. The lowest BCUT2D eigenvalue weighted by Crippen LogP contribution is -2.46. The van der Waals surface area contributed by atoms with Gasteiger partial charge in [0.2, 0.25) is 0 Å². The highest BCUT2D eigenvalue weighted by Gasteiger charge is 2.20. The van der Waals surface area contributed by atoms with Crippen LogP contribution in [0.5, 0.6) is 5.75 Å². The van der Waals surface area contributed by atoms with Crippen molar-refractivity contribution in [2.45, 2.75) is 20.3 Å². The van der Waals surface area contributed by atoms with Crippen molar-refractivity contribution in [3.05, 3.63) is 17.9 Å². The lowest BCUT2D eigenvalue weighted by atomic mass is 10.2. The molecular weight excluding hydrogens is 257 g/mol. The normalized spacial score (nSPS) is 16.4. The van der Waals surface area contributed by atoms with Crippen LogP contribution in [0.1, 0.15) is 20.3 Å². The third-order valence-electron chi connectivity index (χ3n) is 3.63. The molecule has 0 unspecified atom stereocenters. The second-order valence-corrected chi connectivity index (χ2v) is 5.10. The number of hydrogen-bond donors (Lipinski definition) is 1. The molecule has 1 aromatic rings. The predicted octanol–water partition coefficient (Wildman–Crippen LogP) is 2.34. The standard InChI is InChI=1S/C15H24FN3O/c1-3-5-18-6-8-19(9-7-18)14-11-15(20-4-2)12(16)10-13(14)17/h10-11H,3-9,17H2,1-2H3. The molecule has 5 heteroatoms. The Hall–Kier alpha value is -1.49. The van der Waals surface area contributed by atoms with Gasteiger partial charge in [0, 0.05) is 38.3 Å². The zero-order valence-corrected chi connectivity index (χ0v) is 12.4. The van der Waals surface area contributed by atoms with Crippen molar-refractivity contribution < 1.29 is 9.13 Å². The van der Waals surface area contributed by atoms with Crippen LogP contribution in [-0.2, 0) is 0 Å². The number of anilines is 2. The summed E-state index contributed by atoms with van der Waals surface area (Å²) in [6, 6.07) is 3.09. The summed E-state index contributed by atoms with van der Waals surface area (Å²) < 4.78 is 19.0. The van der Waals surface area contributed by atoms with E-state index in [-0.39, 0.29) is 5.75 Å². The summed E-state index contributed by atoms with van der Waals surface area (Å²) in [6.07, 6.45) is 1.17. The highest BCUT2D eigenvalue weighted by molar-refractivity contribution is 5.70. The third kappa shape index (κ3) is 3.33. The van der Waals surface area contributed by atoms with Crippen molar-refractivity contribution in [2.24, 2.45) is 0 Å². The summed E-state index contributed by atoms with van der Waals surface area (Å²) in [5, 5.41) is 0. The molecule has 0 spiro atoms. The summed E-state index contributed by atoms with van der Waals surface area (Å²) in [5.41, 5.74) is 7.32. The Morgan fingerprint density at radius 3 is 2.50 bits per heavy atom. The van der Waals surface area contributed by atoms with E-state index in [4.69, 9.17) is 10.5 Å². The van der Waals surface area contributed by atoms with E-state index >= 15 is 0 Å². The Balaban J connectivity index is 2.11. The fraction of sp³-hybridized carbons (Fsp3) is 0.600. The van der Waals surface area contributed by atoms with Crippen LogP contribution >= 0.6 is 0 Å². The SMILES string of the molecule is CCCN1CCN(c2cc(OCC)c(F)cc2N)CC1. The fourth-order valence-corrected chi connectivity index (χ4v) is 2.63. The van der Waals surface area contributed by atoms with Gasteiger partial charge < -0.3 is 15.4 Å². The largest absolute Gasteiger partial charge is 0.491 e. The monoisotopic (exact) mass is 281 g/mol. The molecule has 1 aromatic carbocycles. The Labute approximate surface area is 120 Å². The molecule has 0 radical (unpaired) electrons. The van der Waals surface area contributed by atoms with Crippen LogP contribution in [0.3, 0.4) is 0 Å². The lowest BCUT2D eigenvalue weighted by molar-refractivity contribution is 0.258. The minimum absolute atomic E-state index is 0.285. The molecule has 20 heavy (non-hydrogen) atoms. The Morgan fingerprint density at radius 1 is 1.20 bits per heavy atom. The molecule has 1 heterocycles. The first-order chi connectivity index (χ1) is 9.65. The topological polar surface area (TPSA) is 41.7 Å². The van der Waals surface area contributed by atoms with Gasteiger partial charge in [-0.3, -0.25) is 4.90 Å². The average Bonchev–Trinajstić information content (AvgIpc) is 2.43. The lowest BCUT2D eigenvalue weighted by Gasteiger charge is -2.36. The van der Waals surface area contributed by atoms with Crippen molar-refractivity contribution in [3.63, 3.8) is 0 Å². The molecule has 1 fully saturated rings. The minimum Gasteiger partial charge on any atom is -0.491 e. The van der Waals surface area contributed by atoms with Gasteiger partial charge in [0.1, 0.15) is 0 Å². The van der Waals surface area contributed by atoms with Gasteiger partial charge in [-0.2, -0.15) is 0 Å². The van der Waals surface area contributed by atoms with E-state index in [9.17, 15) is 4.39 Å². The zero-order chi connectivity index (χ0) is 14.5. The van der Waals surface area contributed by atoms with Gasteiger partial charge in [-0.15, -0.1) is 0 Å². The second-order valence-electron chi connectivity index (χ2n) is 5.10. The molecule has 112 valence electrons. The summed E-state index contributed by atoms with van der Waals surface area (Å²) in [7, 11) is 0. The molecule has 2 rings (SSSR count). The maximum Gasteiger partial charge on any atom is 0.167 e. The molecule has 0 amide bonds. The smallest absolute Gasteiger partial charge is 0.167 e. The zero-order valence-electron chi connectivity index (χ0n) is 12.4. The molecule has 2 N–H and O–H groups in total. The van der Waals surface area contributed by atoms with Crippen LogP contribution in [0.4, 0.5) is 15.8 Å². The Morgan fingerprint density at radius 2 is 1.90 bits per heavy atom. The van der Waals surface area contributed by atoms with Crippen LogP contribution < -0.4 is 15.4 Å². The molecule has 0 bridgehead atoms. The molecule has 0 aromatic heterocycles. The quantitative estimate of drug-likeness (QED) is 0.841. The first-order valence-corrected chi connectivity index (χ1v) is 7.34. The van der Waals surface area contributed by atoms with Gasteiger partial charge in [-0.1, -0.05) is 6.92 Å². The molecule has 0 atom stereocenters. The molecule has 4 nitrogen and oxygen atoms in total. The van der Waals surface area contributed by atoms with Gasteiger partial charge >= 0.3 is 0 Å². The van der Waals surface area contributed by atoms with Crippen molar-refractivity contribution in [3.8, 4) is 5.75 Å². The first-order valence-electron chi connectivity index (χ1n) is 7.34. The number of ether oxygens (including phenoxy) is 1. The number of hydrogen-bond acceptors (Lipinski definition) is 4. The number of piperazine rings is 1. The van der Waals surface area contributed by atoms with Gasteiger partial charge in [-0.25, -0.2) is 4.39 Å². The van der Waals surface area contributed by atoms with Crippen LogP contribution in [0.25, 0.3) is 0 Å². The highest BCUT2D eigenvalue weighted by atomic mass is 19.1. The first kappa shape index (κ1) is 14.9. The molecule has 1 aliphatic heterocycles. The number of nitrogens with zero attached hydrogens (tertiary/aromatic N) is 2.